The first-order valence-electron chi connectivity index (χ1n) is 5.33. The molecule has 2 heterocycles. The Hall–Kier alpha value is -1.54. The molecular weight excluding hydrogens is 242 g/mol. The Kier molecular flexibility index (Phi) is 3.64. The molecule has 2 rings (SSSR count). The van der Waals surface area contributed by atoms with Gasteiger partial charge in [0, 0.05) is 12.8 Å². The van der Waals surface area contributed by atoms with Crippen LogP contribution in [-0.2, 0) is 16.1 Å². The molecule has 0 aromatic carbocycles. The lowest BCUT2D eigenvalue weighted by Gasteiger charge is -2.16. The van der Waals surface area contributed by atoms with Crippen molar-refractivity contribution in [3.63, 3.8) is 0 Å². The number of hydrogen-bond acceptors (Lipinski definition) is 7. The molecule has 0 atom stereocenters. The first kappa shape index (κ1) is 11.9. The second-order valence-electron chi connectivity index (χ2n) is 3.73. The van der Waals surface area contributed by atoms with Crippen LogP contribution >= 0.6 is 11.3 Å². The molecule has 0 bridgehead atoms. The van der Waals surface area contributed by atoms with Gasteiger partial charge in [0.25, 0.3) is 0 Å². The summed E-state index contributed by atoms with van der Waals surface area (Å²) in [4.78, 5) is 24.7. The average Bonchev–Trinajstić information content (AvgIpc) is 2.72. The van der Waals surface area contributed by atoms with Crippen molar-refractivity contribution in [2.24, 2.45) is 5.84 Å². The SMILES string of the molecule is NNc1nnc(CN2C(=O)CCCCC2=O)s1. The molecule has 0 saturated carbocycles. The van der Waals surface area contributed by atoms with Crippen molar-refractivity contribution in [3.05, 3.63) is 5.01 Å². The molecule has 0 radical (unpaired) electrons. The molecule has 0 unspecified atom stereocenters. The number of imide groups is 1. The molecule has 1 fully saturated rings. The Bertz CT molecular complexity index is 415. The van der Waals surface area contributed by atoms with Gasteiger partial charge in [-0.3, -0.25) is 19.9 Å². The number of nitrogens with two attached hydrogens (primary N) is 1. The summed E-state index contributed by atoms with van der Waals surface area (Å²) >= 11 is 1.23. The number of nitrogen functional groups attached to an aromatic ring is 1. The van der Waals surface area contributed by atoms with Crippen LogP contribution in [0.3, 0.4) is 0 Å². The van der Waals surface area contributed by atoms with Crippen LogP contribution in [0.5, 0.6) is 0 Å². The maximum Gasteiger partial charge on any atom is 0.229 e. The molecule has 8 heteroatoms. The Morgan fingerprint density at radius 1 is 1.24 bits per heavy atom. The molecule has 0 aliphatic carbocycles. The lowest BCUT2D eigenvalue weighted by molar-refractivity contribution is -0.144. The van der Waals surface area contributed by atoms with Gasteiger partial charge in [0.15, 0.2) is 0 Å². The summed E-state index contributed by atoms with van der Waals surface area (Å²) in [6.45, 7) is 0.191. The summed E-state index contributed by atoms with van der Waals surface area (Å²) in [5.74, 6) is 4.92. The molecule has 1 aromatic heterocycles. The van der Waals surface area contributed by atoms with Gasteiger partial charge in [0.1, 0.15) is 5.01 Å². The number of carbonyl (C=O) groups excluding carboxylic acids is 2. The van der Waals surface area contributed by atoms with Crippen molar-refractivity contribution >= 4 is 28.3 Å². The fourth-order valence-corrected chi connectivity index (χ4v) is 2.29. The van der Waals surface area contributed by atoms with Gasteiger partial charge in [-0.2, -0.15) is 0 Å². The standard InChI is InChI=1S/C9H13N5O2S/c10-11-9-13-12-6(17-9)5-14-7(15)3-1-2-4-8(14)16/h1-5,10H2,(H,11,13). The van der Waals surface area contributed by atoms with Crippen LogP contribution in [-0.4, -0.2) is 26.9 Å². The van der Waals surface area contributed by atoms with Gasteiger partial charge in [0.05, 0.1) is 6.54 Å². The van der Waals surface area contributed by atoms with Crippen LogP contribution in [0.2, 0.25) is 0 Å². The smallest absolute Gasteiger partial charge is 0.229 e. The van der Waals surface area contributed by atoms with Crippen molar-refractivity contribution in [1.29, 1.82) is 0 Å². The zero-order chi connectivity index (χ0) is 12.3. The highest BCUT2D eigenvalue weighted by Crippen LogP contribution is 2.19. The van der Waals surface area contributed by atoms with Crippen LogP contribution in [0.25, 0.3) is 0 Å². The molecule has 0 spiro atoms. The summed E-state index contributed by atoms with van der Waals surface area (Å²) < 4.78 is 0. The van der Waals surface area contributed by atoms with Gasteiger partial charge in [-0.05, 0) is 12.8 Å². The zero-order valence-electron chi connectivity index (χ0n) is 9.18. The van der Waals surface area contributed by atoms with E-state index in [0.29, 0.717) is 23.0 Å². The van der Waals surface area contributed by atoms with Crippen LogP contribution in [0.1, 0.15) is 30.7 Å². The molecular formula is C9H13N5O2S. The Morgan fingerprint density at radius 2 is 1.88 bits per heavy atom. The minimum absolute atomic E-state index is 0.134. The predicted molar refractivity (Wildman–Crippen MR) is 61.7 cm³/mol. The average molecular weight is 255 g/mol. The Morgan fingerprint density at radius 3 is 2.41 bits per heavy atom. The highest BCUT2D eigenvalue weighted by Gasteiger charge is 2.25. The van der Waals surface area contributed by atoms with E-state index in [4.69, 9.17) is 5.84 Å². The lowest BCUT2D eigenvalue weighted by Crippen LogP contribution is -2.34. The molecule has 1 aromatic rings. The topological polar surface area (TPSA) is 101 Å². The highest BCUT2D eigenvalue weighted by molar-refractivity contribution is 7.15. The summed E-state index contributed by atoms with van der Waals surface area (Å²) in [5.41, 5.74) is 2.38. The number of carbonyl (C=O) groups is 2. The third kappa shape index (κ3) is 2.77. The van der Waals surface area contributed by atoms with Crippen molar-refractivity contribution < 1.29 is 9.59 Å². The maximum absolute atomic E-state index is 11.7. The fourth-order valence-electron chi connectivity index (χ4n) is 1.65. The molecule has 1 aliphatic rings. The zero-order valence-corrected chi connectivity index (χ0v) is 10.00. The van der Waals surface area contributed by atoms with Crippen molar-refractivity contribution in [3.8, 4) is 0 Å². The van der Waals surface area contributed by atoms with Crippen LogP contribution < -0.4 is 11.3 Å². The van der Waals surface area contributed by atoms with E-state index in [1.807, 2.05) is 0 Å². The first-order valence-corrected chi connectivity index (χ1v) is 6.14. The molecule has 17 heavy (non-hydrogen) atoms. The first-order chi connectivity index (χ1) is 8.20. The third-order valence-corrected chi connectivity index (χ3v) is 3.36. The number of hydrogen-bond donors (Lipinski definition) is 2. The van der Waals surface area contributed by atoms with Crippen molar-refractivity contribution in [2.45, 2.75) is 32.2 Å². The van der Waals surface area contributed by atoms with Gasteiger partial charge in [-0.1, -0.05) is 11.3 Å². The Balaban J connectivity index is 2.09. The van der Waals surface area contributed by atoms with Crippen LogP contribution in [0.15, 0.2) is 0 Å². The van der Waals surface area contributed by atoms with E-state index in [1.165, 1.54) is 16.2 Å². The molecule has 1 saturated heterocycles. The molecule has 1 aliphatic heterocycles. The predicted octanol–water partition coefficient (Wildman–Crippen LogP) is 0.253. The van der Waals surface area contributed by atoms with Crippen molar-refractivity contribution in [2.75, 3.05) is 5.43 Å². The summed E-state index contributed by atoms with van der Waals surface area (Å²) in [5, 5.41) is 8.68. The van der Waals surface area contributed by atoms with E-state index in [2.05, 4.69) is 15.6 Å². The minimum atomic E-state index is -0.134. The number of rotatable bonds is 3. The Labute approximate surface area is 102 Å². The number of amides is 2. The molecule has 3 N–H and O–H groups in total. The fraction of sp³-hybridized carbons (Fsp3) is 0.556. The van der Waals surface area contributed by atoms with Gasteiger partial charge < -0.3 is 0 Å². The number of aromatic nitrogens is 2. The number of anilines is 1. The largest absolute Gasteiger partial charge is 0.298 e. The second kappa shape index (κ2) is 5.19. The van der Waals surface area contributed by atoms with Gasteiger partial charge in [-0.15, -0.1) is 10.2 Å². The van der Waals surface area contributed by atoms with Crippen LogP contribution in [0, 0.1) is 0 Å². The van der Waals surface area contributed by atoms with E-state index in [0.717, 1.165) is 12.8 Å². The maximum atomic E-state index is 11.7. The van der Waals surface area contributed by atoms with Crippen LogP contribution in [0.4, 0.5) is 5.13 Å². The van der Waals surface area contributed by atoms with E-state index >= 15 is 0 Å². The number of hydrazine groups is 1. The number of nitrogens with one attached hydrogen (secondary N) is 1. The van der Waals surface area contributed by atoms with E-state index in [1.54, 1.807) is 0 Å². The van der Waals surface area contributed by atoms with E-state index < -0.39 is 0 Å². The summed E-state index contributed by atoms with van der Waals surface area (Å²) in [6, 6.07) is 0. The third-order valence-electron chi connectivity index (χ3n) is 2.52. The molecule has 7 nitrogen and oxygen atoms in total. The monoisotopic (exact) mass is 255 g/mol. The quantitative estimate of drug-likeness (QED) is 0.456. The lowest BCUT2D eigenvalue weighted by atomic mass is 10.2. The minimum Gasteiger partial charge on any atom is -0.298 e. The molecule has 92 valence electrons. The van der Waals surface area contributed by atoms with E-state index in [9.17, 15) is 9.59 Å². The highest BCUT2D eigenvalue weighted by atomic mass is 32.1. The van der Waals surface area contributed by atoms with E-state index in [-0.39, 0.29) is 18.4 Å². The van der Waals surface area contributed by atoms with Gasteiger partial charge in [-0.25, -0.2) is 5.84 Å². The number of nitrogens with zero attached hydrogens (tertiary/aromatic N) is 3. The molecule has 2 amide bonds. The van der Waals surface area contributed by atoms with Gasteiger partial charge >= 0.3 is 0 Å². The second-order valence-corrected chi connectivity index (χ2v) is 4.79. The van der Waals surface area contributed by atoms with Crippen molar-refractivity contribution in [1.82, 2.24) is 15.1 Å². The van der Waals surface area contributed by atoms with Gasteiger partial charge in [0.2, 0.25) is 16.9 Å². The number of likely N-dealkylation sites (tertiary alicyclic amines) is 1. The normalized spacial score (nSPS) is 17.1. The summed E-state index contributed by atoms with van der Waals surface area (Å²) in [6.07, 6.45) is 2.39. The summed E-state index contributed by atoms with van der Waals surface area (Å²) in [7, 11) is 0.